The molecule has 0 fully saturated rings. The van der Waals surface area contributed by atoms with Crippen LogP contribution in [0, 0.1) is 13.8 Å². The lowest BCUT2D eigenvalue weighted by atomic mass is 10.3. The summed E-state index contributed by atoms with van der Waals surface area (Å²) < 4.78 is 30.5. The van der Waals surface area contributed by atoms with Gasteiger partial charge in [0.25, 0.3) is 10.0 Å². The van der Waals surface area contributed by atoms with Gasteiger partial charge in [0.1, 0.15) is 4.21 Å². The van der Waals surface area contributed by atoms with Crippen molar-refractivity contribution in [2.45, 2.75) is 18.1 Å². The Kier molecular flexibility index (Phi) is 4.10. The van der Waals surface area contributed by atoms with Crippen molar-refractivity contribution < 1.29 is 8.42 Å². The van der Waals surface area contributed by atoms with Crippen molar-refractivity contribution in [2.75, 3.05) is 4.72 Å². The van der Waals surface area contributed by atoms with E-state index in [1.165, 1.54) is 0 Å². The molecule has 2 rings (SSSR count). The lowest BCUT2D eigenvalue weighted by Crippen LogP contribution is -2.12. The van der Waals surface area contributed by atoms with Crippen molar-refractivity contribution in [3.8, 4) is 0 Å². The number of hydrogen-bond acceptors (Lipinski definition) is 4. The van der Waals surface area contributed by atoms with E-state index in [9.17, 15) is 8.42 Å². The molecule has 2 aromatic rings. The molecule has 1 N–H and O–H groups in total. The van der Waals surface area contributed by atoms with Crippen LogP contribution in [0.5, 0.6) is 0 Å². The van der Waals surface area contributed by atoms with E-state index in [0.29, 0.717) is 11.4 Å². The van der Waals surface area contributed by atoms with Crippen LogP contribution < -0.4 is 4.72 Å². The fourth-order valence-electron chi connectivity index (χ4n) is 1.57. The van der Waals surface area contributed by atoms with E-state index in [1.54, 1.807) is 24.7 Å². The molecule has 0 aromatic carbocycles. The first-order chi connectivity index (χ1) is 8.72. The molecule has 5 nitrogen and oxygen atoms in total. The molecule has 0 amide bonds. The summed E-state index contributed by atoms with van der Waals surface area (Å²) in [6.45, 7) is 3.59. The van der Waals surface area contributed by atoms with Crippen LogP contribution in [-0.2, 0) is 17.1 Å². The predicted molar refractivity (Wildman–Crippen MR) is 83.2 cm³/mol. The topological polar surface area (TPSA) is 64.0 Å². The molecule has 9 heteroatoms. The Hall–Kier alpha value is -0.380. The number of aromatic nitrogens is 2. The highest BCUT2D eigenvalue weighted by Gasteiger charge is 2.22. The highest BCUT2D eigenvalue weighted by molar-refractivity contribution is 9.13. The Morgan fingerprint density at radius 2 is 2.00 bits per heavy atom. The van der Waals surface area contributed by atoms with Gasteiger partial charge in [-0.2, -0.15) is 5.10 Å². The molecule has 0 saturated heterocycles. The number of rotatable bonds is 3. The van der Waals surface area contributed by atoms with E-state index in [0.717, 1.165) is 25.3 Å². The SMILES string of the molecule is Cc1nn(C)c(C)c1NS(=O)(=O)c1cc(Br)c(Br)s1. The number of thiophene rings is 1. The van der Waals surface area contributed by atoms with Gasteiger partial charge in [-0.1, -0.05) is 0 Å². The van der Waals surface area contributed by atoms with Crippen molar-refractivity contribution in [2.24, 2.45) is 7.05 Å². The number of nitrogens with one attached hydrogen (secondary N) is 1. The summed E-state index contributed by atoms with van der Waals surface area (Å²) in [6, 6.07) is 1.57. The van der Waals surface area contributed by atoms with Crippen molar-refractivity contribution >= 4 is 58.9 Å². The quantitative estimate of drug-likeness (QED) is 0.814. The molecule has 0 aliphatic heterocycles. The third-order valence-corrected chi connectivity index (χ3v) is 7.71. The summed E-state index contributed by atoms with van der Waals surface area (Å²) in [5.41, 5.74) is 1.96. The average Bonchev–Trinajstić information content (AvgIpc) is 2.76. The molecule has 0 saturated carbocycles. The second-order valence-corrected chi connectivity index (χ2v) is 9.10. The molecule has 0 aliphatic carbocycles. The number of aryl methyl sites for hydroxylation is 2. The minimum atomic E-state index is -3.59. The van der Waals surface area contributed by atoms with E-state index in [2.05, 4.69) is 41.7 Å². The highest BCUT2D eigenvalue weighted by atomic mass is 79.9. The Labute approximate surface area is 132 Å². The molecule has 19 heavy (non-hydrogen) atoms. The van der Waals surface area contributed by atoms with Crippen LogP contribution in [0.2, 0.25) is 0 Å². The van der Waals surface area contributed by atoms with Gasteiger partial charge in [0.15, 0.2) is 0 Å². The van der Waals surface area contributed by atoms with Gasteiger partial charge in [-0.05, 0) is 51.8 Å². The number of sulfonamides is 1. The summed E-state index contributed by atoms with van der Waals surface area (Å²) >= 11 is 7.72. The smallest absolute Gasteiger partial charge is 0.271 e. The maximum absolute atomic E-state index is 12.3. The second kappa shape index (κ2) is 5.19. The van der Waals surface area contributed by atoms with E-state index in [-0.39, 0.29) is 4.21 Å². The van der Waals surface area contributed by atoms with Crippen LogP contribution in [-0.4, -0.2) is 18.2 Å². The van der Waals surface area contributed by atoms with Crippen LogP contribution in [0.15, 0.2) is 18.5 Å². The Balaban J connectivity index is 2.42. The molecular formula is C10H11Br2N3O2S2. The minimum Gasteiger partial charge on any atom is -0.275 e. The van der Waals surface area contributed by atoms with Gasteiger partial charge in [0.2, 0.25) is 0 Å². The first kappa shape index (κ1) is 15.0. The van der Waals surface area contributed by atoms with Gasteiger partial charge in [0.05, 0.1) is 20.9 Å². The lowest BCUT2D eigenvalue weighted by molar-refractivity contribution is 0.603. The fourth-order valence-corrected chi connectivity index (χ4v) is 5.56. The monoisotopic (exact) mass is 427 g/mol. The Morgan fingerprint density at radius 3 is 2.42 bits per heavy atom. The van der Waals surface area contributed by atoms with Crippen molar-refractivity contribution in [1.82, 2.24) is 9.78 Å². The summed E-state index contributed by atoms with van der Waals surface area (Å²) in [5, 5.41) is 4.19. The second-order valence-electron chi connectivity index (χ2n) is 3.96. The van der Waals surface area contributed by atoms with E-state index in [1.807, 2.05) is 6.92 Å². The predicted octanol–water partition coefficient (Wildman–Crippen LogP) is 3.42. The van der Waals surface area contributed by atoms with Crippen LogP contribution in [0.4, 0.5) is 5.69 Å². The fraction of sp³-hybridized carbons (Fsp3) is 0.300. The standard InChI is InChI=1S/C10H11Br2N3O2S2/c1-5-9(6(2)15(3)13-5)14-19(16,17)8-4-7(11)10(12)18-8/h4,14H,1-3H3. The molecule has 2 heterocycles. The van der Waals surface area contributed by atoms with Crippen molar-refractivity contribution in [3.05, 3.63) is 25.7 Å². The van der Waals surface area contributed by atoms with Gasteiger partial charge in [-0.3, -0.25) is 9.40 Å². The lowest BCUT2D eigenvalue weighted by Gasteiger charge is -2.06. The van der Waals surface area contributed by atoms with Gasteiger partial charge in [-0.15, -0.1) is 11.3 Å². The largest absolute Gasteiger partial charge is 0.275 e. The maximum Gasteiger partial charge on any atom is 0.271 e. The first-order valence-corrected chi connectivity index (χ1v) is 9.09. The molecule has 104 valence electrons. The molecule has 0 unspecified atom stereocenters. The van der Waals surface area contributed by atoms with Gasteiger partial charge in [0, 0.05) is 11.5 Å². The van der Waals surface area contributed by atoms with E-state index in [4.69, 9.17) is 0 Å². The normalized spacial score (nSPS) is 11.8. The van der Waals surface area contributed by atoms with Crippen molar-refractivity contribution in [3.63, 3.8) is 0 Å². The Morgan fingerprint density at radius 1 is 1.37 bits per heavy atom. The molecule has 2 aromatic heterocycles. The number of anilines is 1. The third-order valence-electron chi connectivity index (χ3n) is 2.63. The summed E-state index contributed by atoms with van der Waals surface area (Å²) in [6.07, 6.45) is 0. The van der Waals surface area contributed by atoms with Crippen LogP contribution in [0.1, 0.15) is 11.4 Å². The number of nitrogens with zero attached hydrogens (tertiary/aromatic N) is 2. The summed E-state index contributed by atoms with van der Waals surface area (Å²) in [4.78, 5) is 0. The molecule has 0 atom stereocenters. The number of hydrogen-bond donors (Lipinski definition) is 1. The molecule has 0 aliphatic rings. The summed E-state index contributed by atoms with van der Waals surface area (Å²) in [5.74, 6) is 0. The minimum absolute atomic E-state index is 0.244. The highest BCUT2D eigenvalue weighted by Crippen LogP contribution is 2.36. The zero-order valence-corrected chi connectivity index (χ0v) is 15.2. The van der Waals surface area contributed by atoms with E-state index >= 15 is 0 Å². The van der Waals surface area contributed by atoms with Gasteiger partial charge >= 0.3 is 0 Å². The molecule has 0 bridgehead atoms. The number of halogens is 2. The first-order valence-electron chi connectivity index (χ1n) is 5.20. The summed E-state index contributed by atoms with van der Waals surface area (Å²) in [7, 11) is -1.82. The van der Waals surface area contributed by atoms with E-state index < -0.39 is 10.0 Å². The molecule has 0 spiro atoms. The van der Waals surface area contributed by atoms with Gasteiger partial charge < -0.3 is 0 Å². The molecular weight excluding hydrogens is 418 g/mol. The van der Waals surface area contributed by atoms with Gasteiger partial charge in [-0.25, -0.2) is 8.42 Å². The van der Waals surface area contributed by atoms with Crippen LogP contribution in [0.25, 0.3) is 0 Å². The zero-order valence-electron chi connectivity index (χ0n) is 10.4. The maximum atomic E-state index is 12.3. The third kappa shape index (κ3) is 2.88. The van der Waals surface area contributed by atoms with Crippen molar-refractivity contribution in [1.29, 1.82) is 0 Å². The molecule has 0 radical (unpaired) electrons. The zero-order chi connectivity index (χ0) is 14.4. The average molecular weight is 429 g/mol. The Bertz CT molecular complexity index is 715. The van der Waals surface area contributed by atoms with Crippen LogP contribution in [0.3, 0.4) is 0 Å². The van der Waals surface area contributed by atoms with Crippen LogP contribution >= 0.6 is 43.2 Å².